The smallest absolute Gasteiger partial charge is 1.00 e. The molecule has 0 aromatic carbocycles. The van der Waals surface area contributed by atoms with Crippen molar-refractivity contribution in [3.05, 3.63) is 0 Å². The monoisotopic (exact) mass is 148 g/mol. The second kappa shape index (κ2) is 8.03. The minimum atomic E-state index is -1.23. The largest absolute Gasteiger partial charge is 1.00 e. The predicted octanol–water partition coefficient (Wildman–Crippen LogP) is -4.26. The zero-order chi connectivity index (χ0) is 5.15. The van der Waals surface area contributed by atoms with Gasteiger partial charge >= 0.3 is 57.4 Å². The van der Waals surface area contributed by atoms with Crippen LogP contribution in [0.1, 0.15) is 8.35 Å². The van der Waals surface area contributed by atoms with Crippen LogP contribution in [0.4, 0.5) is 0 Å². The van der Waals surface area contributed by atoms with Crippen LogP contribution in [-0.4, -0.2) is 27.8 Å². The maximum atomic E-state index is 9.45. The van der Waals surface area contributed by atoms with Gasteiger partial charge in [-0.05, 0) is 6.92 Å². The van der Waals surface area contributed by atoms with Gasteiger partial charge in [-0.15, -0.1) is 0 Å². The van der Waals surface area contributed by atoms with Gasteiger partial charge in [0, 0.05) is 0 Å². The van der Waals surface area contributed by atoms with Crippen molar-refractivity contribution in [3.63, 3.8) is 0 Å². The Morgan fingerprint density at radius 2 is 1.88 bits per heavy atom. The Hall–Kier alpha value is 1.03. The van der Waals surface area contributed by atoms with Crippen molar-refractivity contribution in [2.24, 2.45) is 0 Å². The Kier molecular flexibility index (Phi) is 16.1. The molecule has 0 aromatic heterocycles. The predicted molar refractivity (Wildman–Crippen MR) is 24.0 cm³/mol. The van der Waals surface area contributed by atoms with Gasteiger partial charge in [0.2, 0.25) is 0 Å². The van der Waals surface area contributed by atoms with Gasteiger partial charge in [0.15, 0.2) is 0 Å². The van der Waals surface area contributed by atoms with Crippen molar-refractivity contribution in [3.8, 4) is 0 Å². The summed E-state index contributed by atoms with van der Waals surface area (Å²) in [5, 5.41) is 15.8. The van der Waals surface area contributed by atoms with Crippen molar-refractivity contribution >= 4 is 5.97 Å². The molecule has 0 spiro atoms. The number of hydrogen-bond donors (Lipinski definition) is 2. The standard InChI is InChI=1S/C3H6O3.K.H2O.H/c1-2(4)3(5)6;;;/h2,4H,1H3,(H,5,6);;1H2;/q;+1;;-1. The van der Waals surface area contributed by atoms with E-state index < -0.39 is 12.1 Å². The molecule has 0 rings (SSSR count). The Balaban J connectivity index is -0.0000000417. The SMILES string of the molecule is CC(O)C(=O)O.O.[H-].[K+]. The molecule has 4 N–H and O–H groups in total. The maximum Gasteiger partial charge on any atom is 1.00 e. The first-order valence-electron chi connectivity index (χ1n) is 1.55. The first kappa shape index (κ1) is 16.0. The second-order valence-electron chi connectivity index (χ2n) is 1.01. The molecular weight excluding hydrogens is 139 g/mol. The number of hydrogen-bond acceptors (Lipinski definition) is 2. The normalized spacial score (nSPS) is 10.2. The van der Waals surface area contributed by atoms with E-state index in [1.54, 1.807) is 0 Å². The Morgan fingerprint density at radius 1 is 1.75 bits per heavy atom. The van der Waals surface area contributed by atoms with Gasteiger partial charge in [-0.25, -0.2) is 4.79 Å². The molecule has 0 saturated heterocycles. The minimum Gasteiger partial charge on any atom is -1.00 e. The molecule has 0 saturated carbocycles. The van der Waals surface area contributed by atoms with E-state index in [1.165, 1.54) is 6.92 Å². The van der Waals surface area contributed by atoms with Crippen LogP contribution in [0.5, 0.6) is 0 Å². The molecule has 0 aliphatic carbocycles. The average Bonchev–Trinajstić information content (AvgIpc) is 1.36. The van der Waals surface area contributed by atoms with Crippen LogP contribution in [0.25, 0.3) is 0 Å². The van der Waals surface area contributed by atoms with E-state index in [9.17, 15) is 4.79 Å². The van der Waals surface area contributed by atoms with Crippen molar-refractivity contribution < 1.29 is 73.3 Å². The number of carbonyl (C=O) groups is 1. The third-order valence-electron chi connectivity index (χ3n) is 0.357. The molecule has 0 heterocycles. The molecule has 1 unspecified atom stereocenters. The Bertz CT molecular complexity index is 66.8. The molecule has 0 aliphatic rings. The summed E-state index contributed by atoms with van der Waals surface area (Å²) in [6.07, 6.45) is -1.23. The third kappa shape index (κ3) is 10.1. The summed E-state index contributed by atoms with van der Waals surface area (Å²) in [6.45, 7) is 1.20. The molecule has 4 nitrogen and oxygen atoms in total. The van der Waals surface area contributed by atoms with Gasteiger partial charge in [0.05, 0.1) is 0 Å². The zero-order valence-corrected chi connectivity index (χ0v) is 8.00. The molecule has 8 heavy (non-hydrogen) atoms. The molecule has 1 atom stereocenters. The molecule has 5 heteroatoms. The molecule has 0 aliphatic heterocycles. The summed E-state index contributed by atoms with van der Waals surface area (Å²) in [4.78, 5) is 9.45. The number of aliphatic hydroxyl groups is 1. The fourth-order valence-corrected chi connectivity index (χ4v) is 0. The van der Waals surface area contributed by atoms with Crippen LogP contribution in [0, 0.1) is 0 Å². The van der Waals surface area contributed by atoms with E-state index in [1.807, 2.05) is 0 Å². The quantitative estimate of drug-likeness (QED) is 0.369. The van der Waals surface area contributed by atoms with Crippen molar-refractivity contribution in [1.29, 1.82) is 0 Å². The second-order valence-corrected chi connectivity index (χ2v) is 1.01. The van der Waals surface area contributed by atoms with Crippen LogP contribution in [0.3, 0.4) is 0 Å². The summed E-state index contributed by atoms with van der Waals surface area (Å²) in [7, 11) is 0. The zero-order valence-electron chi connectivity index (χ0n) is 5.88. The first-order chi connectivity index (χ1) is 2.64. The fourth-order valence-electron chi connectivity index (χ4n) is 0. The summed E-state index contributed by atoms with van der Waals surface area (Å²) in [5.41, 5.74) is 0. The molecule has 0 aromatic rings. The maximum absolute atomic E-state index is 9.45. The topological polar surface area (TPSA) is 89.0 Å². The van der Waals surface area contributed by atoms with Crippen LogP contribution in [0.15, 0.2) is 0 Å². The van der Waals surface area contributed by atoms with Crippen LogP contribution in [0.2, 0.25) is 0 Å². The summed E-state index contributed by atoms with van der Waals surface area (Å²) in [6, 6.07) is 0. The number of rotatable bonds is 1. The average molecular weight is 148 g/mol. The first-order valence-corrected chi connectivity index (χ1v) is 1.55. The van der Waals surface area contributed by atoms with Crippen LogP contribution in [-0.2, 0) is 4.79 Å². The van der Waals surface area contributed by atoms with Gasteiger partial charge < -0.3 is 17.1 Å². The van der Waals surface area contributed by atoms with Crippen LogP contribution >= 0.6 is 0 Å². The number of aliphatic carboxylic acids is 1. The summed E-state index contributed by atoms with van der Waals surface area (Å²) < 4.78 is 0. The Labute approximate surface area is 91.1 Å². The van der Waals surface area contributed by atoms with E-state index in [0.717, 1.165) is 0 Å². The molecule has 0 radical (unpaired) electrons. The van der Waals surface area contributed by atoms with Gasteiger partial charge in [-0.1, -0.05) is 0 Å². The fraction of sp³-hybridized carbons (Fsp3) is 0.667. The van der Waals surface area contributed by atoms with Crippen LogP contribution < -0.4 is 51.4 Å². The van der Waals surface area contributed by atoms with E-state index in [2.05, 4.69) is 0 Å². The van der Waals surface area contributed by atoms with Crippen molar-refractivity contribution in [2.45, 2.75) is 13.0 Å². The third-order valence-corrected chi connectivity index (χ3v) is 0.357. The number of aliphatic hydroxyl groups excluding tert-OH is 1. The van der Waals surface area contributed by atoms with E-state index in [-0.39, 0.29) is 58.3 Å². The molecule has 0 bridgehead atoms. The van der Waals surface area contributed by atoms with Crippen molar-refractivity contribution in [1.82, 2.24) is 0 Å². The van der Waals surface area contributed by atoms with Gasteiger partial charge in [-0.2, -0.15) is 0 Å². The molecule has 46 valence electrons. The molecular formula is C3H9KO4. The van der Waals surface area contributed by atoms with E-state index in [4.69, 9.17) is 10.2 Å². The van der Waals surface area contributed by atoms with Gasteiger partial charge in [0.1, 0.15) is 6.10 Å². The molecule has 0 fully saturated rings. The Morgan fingerprint density at radius 3 is 1.88 bits per heavy atom. The number of carboxylic acid groups (broad SMARTS) is 1. The minimum absolute atomic E-state index is 0. The van der Waals surface area contributed by atoms with E-state index in [0.29, 0.717) is 0 Å². The van der Waals surface area contributed by atoms with Gasteiger partial charge in [-0.3, -0.25) is 0 Å². The number of carboxylic acids is 1. The van der Waals surface area contributed by atoms with E-state index >= 15 is 0 Å². The molecule has 0 amide bonds. The summed E-state index contributed by atoms with van der Waals surface area (Å²) >= 11 is 0. The van der Waals surface area contributed by atoms with Crippen molar-refractivity contribution in [2.75, 3.05) is 0 Å². The summed E-state index contributed by atoms with van der Waals surface area (Å²) in [5.74, 6) is -1.19. The van der Waals surface area contributed by atoms with Gasteiger partial charge in [0.25, 0.3) is 0 Å².